The van der Waals surface area contributed by atoms with E-state index in [2.05, 4.69) is 33.7 Å². The minimum Gasteiger partial charge on any atom is -0.336 e. The first-order chi connectivity index (χ1) is 16.4. The molecule has 0 fully saturated rings. The molecule has 9 heteroatoms. The zero-order valence-electron chi connectivity index (χ0n) is 19.1. The molecule has 0 radical (unpaired) electrons. The van der Waals surface area contributed by atoms with Crippen molar-refractivity contribution in [2.75, 3.05) is 30.5 Å². The van der Waals surface area contributed by atoms with Crippen LogP contribution in [0.3, 0.4) is 0 Å². The summed E-state index contributed by atoms with van der Waals surface area (Å²) in [4.78, 5) is 26.2. The van der Waals surface area contributed by atoms with Gasteiger partial charge in [0.15, 0.2) is 5.82 Å². The summed E-state index contributed by atoms with van der Waals surface area (Å²) >= 11 is 1.19. The number of likely N-dealkylation sites (N-methyl/N-ethyl adjacent to an activating group) is 1. The average molecular weight is 475 g/mol. The molecule has 0 unspecified atom stereocenters. The van der Waals surface area contributed by atoms with Crippen LogP contribution in [0.5, 0.6) is 0 Å². The number of aromatic nitrogens is 3. The number of amides is 2. The molecule has 0 aliphatic heterocycles. The molecule has 8 nitrogen and oxygen atoms in total. The van der Waals surface area contributed by atoms with E-state index in [0.29, 0.717) is 23.1 Å². The van der Waals surface area contributed by atoms with Gasteiger partial charge in [0.05, 0.1) is 12.3 Å². The zero-order chi connectivity index (χ0) is 24.1. The van der Waals surface area contributed by atoms with Gasteiger partial charge in [0.2, 0.25) is 17.0 Å². The number of benzene rings is 3. The van der Waals surface area contributed by atoms with Crippen LogP contribution in [-0.2, 0) is 16.0 Å². The minimum atomic E-state index is -0.260. The molecule has 0 aliphatic rings. The topological polar surface area (TPSA) is 106 Å². The number of aryl methyl sites for hydroxylation is 1. The number of nitrogens with one attached hydrogen (secondary N) is 1. The molecule has 0 spiro atoms. The van der Waals surface area contributed by atoms with Gasteiger partial charge in [-0.2, -0.15) is 0 Å². The predicted molar refractivity (Wildman–Crippen MR) is 135 cm³/mol. The number of fused-ring (bicyclic) bond motifs is 1. The van der Waals surface area contributed by atoms with Crippen LogP contribution in [0, 0.1) is 6.92 Å². The Labute approximate surface area is 202 Å². The van der Waals surface area contributed by atoms with E-state index in [1.165, 1.54) is 21.3 Å². The second-order valence-corrected chi connectivity index (χ2v) is 8.98. The smallest absolute Gasteiger partial charge is 0.243 e. The van der Waals surface area contributed by atoms with Crippen molar-refractivity contribution in [3.63, 3.8) is 0 Å². The molecule has 34 heavy (non-hydrogen) atoms. The number of carbonyl (C=O) groups is 2. The molecule has 1 aromatic heterocycles. The summed E-state index contributed by atoms with van der Waals surface area (Å²) in [5.41, 5.74) is 2.90. The van der Waals surface area contributed by atoms with Gasteiger partial charge in [-0.25, -0.2) is 4.68 Å². The molecule has 4 rings (SSSR count). The first-order valence-corrected chi connectivity index (χ1v) is 11.8. The number of nitrogens with two attached hydrogens (primary N) is 1. The Morgan fingerprint density at radius 2 is 1.76 bits per heavy atom. The largest absolute Gasteiger partial charge is 0.336 e. The number of nitrogen functional groups attached to an aromatic ring is 1. The van der Waals surface area contributed by atoms with Gasteiger partial charge in [-0.15, -0.1) is 10.2 Å². The fraction of sp³-hybridized carbons (Fsp3) is 0.200. The Balaban J connectivity index is 1.32. The third kappa shape index (κ3) is 5.55. The summed E-state index contributed by atoms with van der Waals surface area (Å²) in [6, 6.07) is 21.8. The van der Waals surface area contributed by atoms with Crippen molar-refractivity contribution >= 4 is 40.0 Å². The van der Waals surface area contributed by atoms with E-state index in [1.807, 2.05) is 55.5 Å². The number of hydrogen-bond acceptors (Lipinski definition) is 6. The van der Waals surface area contributed by atoms with E-state index in [4.69, 9.17) is 5.84 Å². The Hall–Kier alpha value is -3.85. The molecule has 174 valence electrons. The molecule has 0 aliphatic carbocycles. The van der Waals surface area contributed by atoms with Gasteiger partial charge in [-0.3, -0.25) is 9.59 Å². The highest BCUT2D eigenvalue weighted by Gasteiger charge is 2.17. The number of hydrogen-bond donors (Lipinski definition) is 2. The van der Waals surface area contributed by atoms with E-state index in [0.717, 1.165) is 21.9 Å². The molecular formula is C25H26N6O2S. The Morgan fingerprint density at radius 3 is 2.56 bits per heavy atom. The van der Waals surface area contributed by atoms with Crippen molar-refractivity contribution in [3.8, 4) is 0 Å². The summed E-state index contributed by atoms with van der Waals surface area (Å²) in [5, 5.41) is 13.9. The summed E-state index contributed by atoms with van der Waals surface area (Å²) in [6.45, 7) is 1.93. The molecular weight excluding hydrogens is 448 g/mol. The van der Waals surface area contributed by atoms with Crippen molar-refractivity contribution in [2.24, 2.45) is 0 Å². The molecule has 0 atom stereocenters. The Bertz CT molecular complexity index is 1310. The van der Waals surface area contributed by atoms with Crippen LogP contribution < -0.4 is 11.2 Å². The number of nitrogens with zero attached hydrogens (tertiary/aromatic N) is 4. The monoisotopic (exact) mass is 474 g/mol. The summed E-state index contributed by atoms with van der Waals surface area (Å²) < 4.78 is 1.42. The van der Waals surface area contributed by atoms with E-state index in [-0.39, 0.29) is 24.1 Å². The molecule has 3 aromatic carbocycles. The maximum absolute atomic E-state index is 12.5. The molecule has 0 saturated heterocycles. The van der Waals surface area contributed by atoms with Gasteiger partial charge in [0, 0.05) is 19.2 Å². The number of thioether (sulfide) groups is 1. The van der Waals surface area contributed by atoms with E-state index < -0.39 is 0 Å². The van der Waals surface area contributed by atoms with E-state index in [1.54, 1.807) is 7.05 Å². The summed E-state index contributed by atoms with van der Waals surface area (Å²) in [6.07, 6.45) is 0.526. The lowest BCUT2D eigenvalue weighted by Crippen LogP contribution is -2.36. The summed E-state index contributed by atoms with van der Waals surface area (Å²) in [5.74, 6) is 6.45. The predicted octanol–water partition coefficient (Wildman–Crippen LogP) is 3.23. The van der Waals surface area contributed by atoms with Gasteiger partial charge < -0.3 is 16.1 Å². The van der Waals surface area contributed by atoms with Gasteiger partial charge in [-0.05, 0) is 35.4 Å². The van der Waals surface area contributed by atoms with Crippen LogP contribution in [0.25, 0.3) is 10.8 Å². The maximum atomic E-state index is 12.5. The highest BCUT2D eigenvalue weighted by Crippen LogP contribution is 2.22. The fourth-order valence-corrected chi connectivity index (χ4v) is 4.34. The number of carbonyl (C=O) groups excluding carboxylic acids is 2. The Kier molecular flexibility index (Phi) is 7.12. The van der Waals surface area contributed by atoms with Gasteiger partial charge in [0.1, 0.15) is 0 Å². The summed E-state index contributed by atoms with van der Waals surface area (Å²) in [7, 11) is 1.59. The SMILES string of the molecule is Cc1ccc(NC(=O)CN(C)C(=O)CSc2nnc(Cc3cccc4ccccc34)n2N)cc1. The van der Waals surface area contributed by atoms with Crippen molar-refractivity contribution in [2.45, 2.75) is 18.5 Å². The third-order valence-corrected chi connectivity index (χ3v) is 6.36. The van der Waals surface area contributed by atoms with Crippen LogP contribution in [0.1, 0.15) is 17.0 Å². The molecule has 4 aromatic rings. The second-order valence-electron chi connectivity index (χ2n) is 8.04. The molecule has 1 heterocycles. The van der Waals surface area contributed by atoms with Crippen LogP contribution in [0.2, 0.25) is 0 Å². The maximum Gasteiger partial charge on any atom is 0.243 e. The molecule has 0 bridgehead atoms. The number of rotatable bonds is 8. The van der Waals surface area contributed by atoms with Crippen molar-refractivity contribution in [1.82, 2.24) is 19.8 Å². The lowest BCUT2D eigenvalue weighted by atomic mass is 10.0. The van der Waals surface area contributed by atoms with Gasteiger partial charge in [0.25, 0.3) is 0 Å². The highest BCUT2D eigenvalue weighted by atomic mass is 32.2. The minimum absolute atomic E-state index is 0.0467. The van der Waals surface area contributed by atoms with Crippen LogP contribution >= 0.6 is 11.8 Å². The zero-order valence-corrected chi connectivity index (χ0v) is 19.9. The van der Waals surface area contributed by atoms with Gasteiger partial charge in [-0.1, -0.05) is 71.9 Å². The first kappa shape index (κ1) is 23.3. The highest BCUT2D eigenvalue weighted by molar-refractivity contribution is 7.99. The average Bonchev–Trinajstić information content (AvgIpc) is 3.18. The van der Waals surface area contributed by atoms with Crippen molar-refractivity contribution in [1.29, 1.82) is 0 Å². The number of anilines is 1. The van der Waals surface area contributed by atoms with Crippen molar-refractivity contribution in [3.05, 3.63) is 83.7 Å². The van der Waals surface area contributed by atoms with Crippen LogP contribution in [0.15, 0.2) is 71.9 Å². The van der Waals surface area contributed by atoms with Gasteiger partial charge >= 0.3 is 0 Å². The molecule has 3 N–H and O–H groups in total. The fourth-order valence-electron chi connectivity index (χ4n) is 3.52. The lowest BCUT2D eigenvalue weighted by Gasteiger charge is -2.16. The first-order valence-electron chi connectivity index (χ1n) is 10.8. The van der Waals surface area contributed by atoms with Crippen LogP contribution in [-0.4, -0.2) is 50.9 Å². The van der Waals surface area contributed by atoms with Crippen molar-refractivity contribution < 1.29 is 9.59 Å². The third-order valence-electron chi connectivity index (χ3n) is 5.43. The Morgan fingerprint density at radius 1 is 1.03 bits per heavy atom. The molecule has 0 saturated carbocycles. The standard InChI is InChI=1S/C25H26N6O2S/c1-17-10-12-20(13-11-17)27-23(32)15-30(2)24(33)16-34-25-29-28-22(31(25)26)14-19-8-5-7-18-6-3-4-9-21(18)19/h3-13H,14-16,26H2,1-2H3,(H,27,32). The normalized spacial score (nSPS) is 10.9. The van der Waals surface area contributed by atoms with E-state index >= 15 is 0 Å². The molecule has 2 amide bonds. The van der Waals surface area contributed by atoms with E-state index in [9.17, 15) is 9.59 Å². The second kappa shape index (κ2) is 10.4. The lowest BCUT2D eigenvalue weighted by molar-refractivity contribution is -0.131. The van der Waals surface area contributed by atoms with Crippen LogP contribution in [0.4, 0.5) is 5.69 Å². The quantitative estimate of drug-likeness (QED) is 0.300.